The van der Waals surface area contributed by atoms with Crippen LogP contribution in [0.1, 0.15) is 0 Å². The number of benzene rings is 2. The van der Waals surface area contributed by atoms with Gasteiger partial charge in [-0.3, -0.25) is 9.36 Å². The second kappa shape index (κ2) is 11.4. The smallest absolute Gasteiger partial charge is 0.247 e. The van der Waals surface area contributed by atoms with Gasteiger partial charge in [0.05, 0.1) is 36.1 Å². The lowest BCUT2D eigenvalue weighted by atomic mass is 10.2. The zero-order chi connectivity index (χ0) is 26.5. The Kier molecular flexibility index (Phi) is 8.04. The molecule has 0 aliphatic carbocycles. The number of amides is 1. The van der Waals surface area contributed by atoms with Crippen molar-refractivity contribution in [3.05, 3.63) is 66.1 Å². The molecule has 2 heterocycles. The quantitative estimate of drug-likeness (QED) is 0.272. The van der Waals surface area contributed by atoms with Crippen LogP contribution >= 0.6 is 15.9 Å². The molecular formula is C26H29BrN8O2. The Bertz CT molecular complexity index is 1440. The zero-order valence-electron chi connectivity index (χ0n) is 21.2. The number of aromatic nitrogens is 4. The van der Waals surface area contributed by atoms with Crippen LogP contribution in [-0.4, -0.2) is 71.7 Å². The molecule has 0 saturated heterocycles. The van der Waals surface area contributed by atoms with E-state index in [4.69, 9.17) is 9.72 Å². The van der Waals surface area contributed by atoms with Gasteiger partial charge in [0, 0.05) is 30.7 Å². The summed E-state index contributed by atoms with van der Waals surface area (Å²) in [6.45, 7) is 5.16. The molecule has 0 fully saturated rings. The number of rotatable bonds is 10. The van der Waals surface area contributed by atoms with Gasteiger partial charge in [-0.25, -0.2) is 9.97 Å². The molecular weight excluding hydrogens is 536 g/mol. The first-order valence-electron chi connectivity index (χ1n) is 11.5. The third kappa shape index (κ3) is 5.89. The summed E-state index contributed by atoms with van der Waals surface area (Å²) in [6, 6.07) is 11.5. The van der Waals surface area contributed by atoms with Crippen molar-refractivity contribution in [1.82, 2.24) is 24.4 Å². The van der Waals surface area contributed by atoms with E-state index < -0.39 is 0 Å². The lowest BCUT2D eigenvalue weighted by Crippen LogP contribution is -2.29. The van der Waals surface area contributed by atoms with Crippen LogP contribution in [0.25, 0.3) is 16.9 Å². The third-order valence-electron chi connectivity index (χ3n) is 5.70. The molecule has 2 aromatic heterocycles. The number of para-hydroxylation sites is 1. The summed E-state index contributed by atoms with van der Waals surface area (Å²) in [7, 11) is 7.59. The summed E-state index contributed by atoms with van der Waals surface area (Å²) in [5, 5.41) is 6.14. The molecule has 0 unspecified atom stereocenters. The van der Waals surface area contributed by atoms with Gasteiger partial charge >= 0.3 is 0 Å². The predicted molar refractivity (Wildman–Crippen MR) is 151 cm³/mol. The Labute approximate surface area is 224 Å². The second-order valence-corrected chi connectivity index (χ2v) is 9.44. The van der Waals surface area contributed by atoms with Crippen molar-refractivity contribution in [1.29, 1.82) is 0 Å². The lowest BCUT2D eigenvalue weighted by Gasteiger charge is -2.25. The van der Waals surface area contributed by atoms with Crippen molar-refractivity contribution < 1.29 is 9.53 Å². The first kappa shape index (κ1) is 26.1. The van der Waals surface area contributed by atoms with Gasteiger partial charge in [-0.15, -0.1) is 0 Å². The van der Waals surface area contributed by atoms with E-state index in [-0.39, 0.29) is 5.91 Å². The average molecular weight is 565 g/mol. The normalized spacial score (nSPS) is 11.0. The summed E-state index contributed by atoms with van der Waals surface area (Å²) < 4.78 is 8.50. The van der Waals surface area contributed by atoms with Crippen LogP contribution in [0.4, 0.5) is 23.0 Å². The highest BCUT2D eigenvalue weighted by atomic mass is 79.9. The number of methoxy groups -OCH3 is 1. The first-order chi connectivity index (χ1) is 17.8. The number of anilines is 4. The summed E-state index contributed by atoms with van der Waals surface area (Å²) in [5.41, 5.74) is 4.22. The minimum Gasteiger partial charge on any atom is -0.494 e. The molecule has 0 bridgehead atoms. The number of likely N-dealkylation sites (N-methyl/N-ethyl adjacent to an activating group) is 2. The van der Waals surface area contributed by atoms with Crippen LogP contribution < -0.4 is 20.3 Å². The van der Waals surface area contributed by atoms with Gasteiger partial charge in [-0.2, -0.15) is 4.98 Å². The van der Waals surface area contributed by atoms with E-state index in [0.29, 0.717) is 34.2 Å². The number of hydrogen-bond donors (Lipinski definition) is 2. The third-order valence-corrected chi connectivity index (χ3v) is 6.37. The van der Waals surface area contributed by atoms with E-state index in [9.17, 15) is 4.79 Å². The molecule has 4 rings (SSSR count). The molecule has 2 aromatic carbocycles. The Hall–Kier alpha value is -3.96. The monoisotopic (exact) mass is 564 g/mol. The van der Waals surface area contributed by atoms with Crippen molar-refractivity contribution in [3.63, 3.8) is 0 Å². The molecule has 4 aromatic rings. The van der Waals surface area contributed by atoms with E-state index >= 15 is 0 Å². The fraction of sp³-hybridized carbons (Fsp3) is 0.231. The average Bonchev–Trinajstić information content (AvgIpc) is 3.30. The lowest BCUT2D eigenvalue weighted by molar-refractivity contribution is -0.111. The maximum atomic E-state index is 12.2. The highest BCUT2D eigenvalue weighted by molar-refractivity contribution is 9.10. The predicted octanol–water partition coefficient (Wildman–Crippen LogP) is 4.45. The van der Waals surface area contributed by atoms with Gasteiger partial charge in [0.2, 0.25) is 11.9 Å². The summed E-state index contributed by atoms with van der Waals surface area (Å²) in [6.07, 6.45) is 4.61. The topological polar surface area (TPSA) is 100 Å². The van der Waals surface area contributed by atoms with Crippen LogP contribution in [-0.2, 0) is 4.79 Å². The Morgan fingerprint density at radius 1 is 1.16 bits per heavy atom. The van der Waals surface area contributed by atoms with Crippen molar-refractivity contribution >= 4 is 56.0 Å². The number of carbonyl (C=O) groups excluding carboxylic acids is 1. The number of imidazole rings is 1. The van der Waals surface area contributed by atoms with Crippen molar-refractivity contribution in [3.8, 4) is 11.4 Å². The largest absolute Gasteiger partial charge is 0.494 e. The number of fused-ring (bicyclic) bond motifs is 1. The van der Waals surface area contributed by atoms with Crippen LogP contribution in [0.5, 0.6) is 5.75 Å². The molecule has 1 amide bonds. The SMILES string of the molecule is C=CC(=O)Nc1cc(Nc2ncc3ncn(-c4ccccc4Br)c3n2)c(OC)cc1N(C)CCN(C)C. The summed E-state index contributed by atoms with van der Waals surface area (Å²) in [4.78, 5) is 30.0. The minimum absolute atomic E-state index is 0.312. The van der Waals surface area contributed by atoms with Gasteiger partial charge in [0.1, 0.15) is 17.6 Å². The molecule has 11 heteroatoms. The number of nitrogens with zero attached hydrogens (tertiary/aromatic N) is 6. The molecule has 0 saturated carbocycles. The molecule has 2 N–H and O–H groups in total. The van der Waals surface area contributed by atoms with Gasteiger partial charge in [0.15, 0.2) is 5.65 Å². The fourth-order valence-electron chi connectivity index (χ4n) is 3.72. The van der Waals surface area contributed by atoms with Gasteiger partial charge in [-0.1, -0.05) is 18.7 Å². The molecule has 192 valence electrons. The molecule has 10 nitrogen and oxygen atoms in total. The van der Waals surface area contributed by atoms with E-state index in [1.165, 1.54) is 6.08 Å². The van der Waals surface area contributed by atoms with E-state index in [1.54, 1.807) is 25.7 Å². The first-order valence-corrected chi connectivity index (χ1v) is 12.3. The second-order valence-electron chi connectivity index (χ2n) is 8.58. The maximum absolute atomic E-state index is 12.2. The van der Waals surface area contributed by atoms with Crippen molar-refractivity contribution in [2.75, 3.05) is 56.9 Å². The summed E-state index contributed by atoms with van der Waals surface area (Å²) >= 11 is 3.59. The van der Waals surface area contributed by atoms with Gasteiger partial charge in [-0.05, 0) is 54.3 Å². The highest BCUT2D eigenvalue weighted by Gasteiger charge is 2.17. The molecule has 0 atom stereocenters. The number of nitrogens with one attached hydrogen (secondary N) is 2. The Morgan fingerprint density at radius 2 is 1.95 bits per heavy atom. The number of halogens is 1. The molecule has 0 spiro atoms. The van der Waals surface area contributed by atoms with Gasteiger partial charge in [0.25, 0.3) is 0 Å². The molecule has 0 radical (unpaired) electrons. The van der Waals surface area contributed by atoms with Crippen molar-refractivity contribution in [2.24, 2.45) is 0 Å². The van der Waals surface area contributed by atoms with Crippen LogP contribution in [0, 0.1) is 0 Å². The molecule has 0 aliphatic heterocycles. The molecule has 37 heavy (non-hydrogen) atoms. The Morgan fingerprint density at radius 3 is 2.65 bits per heavy atom. The number of ether oxygens (including phenoxy) is 1. The van der Waals surface area contributed by atoms with Crippen LogP contribution in [0.2, 0.25) is 0 Å². The van der Waals surface area contributed by atoms with Gasteiger partial charge < -0.3 is 25.2 Å². The summed E-state index contributed by atoms with van der Waals surface area (Å²) in [5.74, 6) is 0.619. The highest BCUT2D eigenvalue weighted by Crippen LogP contribution is 2.38. The number of hydrogen-bond acceptors (Lipinski definition) is 8. The van der Waals surface area contributed by atoms with Crippen LogP contribution in [0.15, 0.2) is 66.1 Å². The van der Waals surface area contributed by atoms with E-state index in [0.717, 1.165) is 28.9 Å². The Balaban J connectivity index is 1.73. The maximum Gasteiger partial charge on any atom is 0.247 e. The zero-order valence-corrected chi connectivity index (χ0v) is 22.8. The van der Waals surface area contributed by atoms with E-state index in [2.05, 4.69) is 52.9 Å². The molecule has 0 aliphatic rings. The van der Waals surface area contributed by atoms with Crippen LogP contribution in [0.3, 0.4) is 0 Å². The standard InChI is InChI=1S/C26H29BrN8O2/c1-6-24(36)30-18-13-19(23(37-5)14-22(18)34(4)12-11-33(2)3)31-26-28-15-20-25(32-26)35(16-29-20)21-10-8-7-9-17(21)27/h6-10,13-16H,1,11-12H2,2-5H3,(H,30,36)(H,28,31,32). The fourth-order valence-corrected chi connectivity index (χ4v) is 4.20. The number of carbonyl (C=O) groups is 1. The van der Waals surface area contributed by atoms with E-state index in [1.807, 2.05) is 56.0 Å². The minimum atomic E-state index is -0.312. The van der Waals surface area contributed by atoms with Crippen molar-refractivity contribution in [2.45, 2.75) is 0 Å².